The van der Waals surface area contributed by atoms with Crippen LogP contribution < -0.4 is 5.32 Å². The van der Waals surface area contributed by atoms with Gasteiger partial charge in [-0.05, 0) is 51.4 Å². The van der Waals surface area contributed by atoms with E-state index in [1.807, 2.05) is 0 Å². The van der Waals surface area contributed by atoms with Gasteiger partial charge in [-0.25, -0.2) is 0 Å². The summed E-state index contributed by atoms with van der Waals surface area (Å²) in [5, 5.41) is 23.1. The first kappa shape index (κ1) is 50.6. The van der Waals surface area contributed by atoms with E-state index in [4.69, 9.17) is 4.74 Å². The van der Waals surface area contributed by atoms with E-state index in [0.29, 0.717) is 25.9 Å². The van der Waals surface area contributed by atoms with Gasteiger partial charge < -0.3 is 20.3 Å². The van der Waals surface area contributed by atoms with Crippen LogP contribution in [-0.4, -0.2) is 47.4 Å². The fourth-order valence-electron chi connectivity index (χ4n) is 6.98. The second-order valence-electron chi connectivity index (χ2n) is 15.7. The molecule has 0 radical (unpaired) electrons. The van der Waals surface area contributed by atoms with E-state index < -0.39 is 12.1 Å². The number of aliphatic hydroxyl groups excluding tert-OH is 2. The number of esters is 1. The molecule has 0 bridgehead atoms. The lowest BCUT2D eigenvalue weighted by Crippen LogP contribution is -2.45. The molecule has 0 saturated carbocycles. The molecule has 1 amide bonds. The van der Waals surface area contributed by atoms with E-state index in [1.165, 1.54) is 154 Å². The Balaban J connectivity index is 3.50. The van der Waals surface area contributed by atoms with Crippen LogP contribution in [0.5, 0.6) is 0 Å². The normalized spacial score (nSPS) is 12.8. The molecule has 0 rings (SSSR count). The van der Waals surface area contributed by atoms with Crippen molar-refractivity contribution in [3.8, 4) is 0 Å². The number of ether oxygens (including phenoxy) is 1. The SMILES string of the molecule is CCCCCC/C=C\CCCCCCCC(=O)OCCCCCCCCCCCC(=O)NC(CO)C(O)CCCCCCCCCCCCCCC. The van der Waals surface area contributed by atoms with Crippen LogP contribution in [0.25, 0.3) is 0 Å². The maximum absolute atomic E-state index is 12.4. The summed E-state index contributed by atoms with van der Waals surface area (Å²) in [7, 11) is 0. The van der Waals surface area contributed by atoms with Crippen LogP contribution in [0, 0.1) is 0 Å². The molecule has 6 heteroatoms. The molecule has 0 saturated heterocycles. The summed E-state index contributed by atoms with van der Waals surface area (Å²) in [4.78, 5) is 24.4. The summed E-state index contributed by atoms with van der Waals surface area (Å²) in [5.74, 6) is -0.0980. The van der Waals surface area contributed by atoms with Crippen molar-refractivity contribution in [2.45, 2.75) is 257 Å². The summed E-state index contributed by atoms with van der Waals surface area (Å²) in [5.41, 5.74) is 0. The van der Waals surface area contributed by atoms with Crippen molar-refractivity contribution in [2.24, 2.45) is 0 Å². The van der Waals surface area contributed by atoms with Crippen molar-refractivity contribution in [3.05, 3.63) is 12.2 Å². The summed E-state index contributed by atoms with van der Waals surface area (Å²) >= 11 is 0. The molecule has 0 fully saturated rings. The number of hydrogen-bond donors (Lipinski definition) is 3. The number of unbranched alkanes of at least 4 members (excludes halogenated alkanes) is 29. The molecule has 0 heterocycles. The average molecular weight is 736 g/mol. The second kappa shape index (κ2) is 42.3. The molecule has 0 aromatic heterocycles. The molecular weight excluding hydrogens is 647 g/mol. The van der Waals surface area contributed by atoms with Crippen molar-refractivity contribution in [2.75, 3.05) is 13.2 Å². The fraction of sp³-hybridized carbons (Fsp3) is 0.913. The van der Waals surface area contributed by atoms with Crippen molar-refractivity contribution >= 4 is 11.9 Å². The highest BCUT2D eigenvalue weighted by atomic mass is 16.5. The van der Waals surface area contributed by atoms with E-state index in [0.717, 1.165) is 57.8 Å². The predicted molar refractivity (Wildman–Crippen MR) is 223 cm³/mol. The molecule has 0 aliphatic carbocycles. The first-order chi connectivity index (χ1) is 25.5. The number of hydrogen-bond acceptors (Lipinski definition) is 5. The van der Waals surface area contributed by atoms with Crippen LogP contribution in [0.4, 0.5) is 0 Å². The zero-order valence-corrected chi connectivity index (χ0v) is 34.8. The smallest absolute Gasteiger partial charge is 0.305 e. The van der Waals surface area contributed by atoms with Crippen molar-refractivity contribution in [1.82, 2.24) is 5.32 Å². The molecule has 0 spiro atoms. The predicted octanol–water partition coefficient (Wildman–Crippen LogP) is 13.0. The Kier molecular flexibility index (Phi) is 41.2. The Morgan fingerprint density at radius 3 is 1.38 bits per heavy atom. The van der Waals surface area contributed by atoms with Crippen LogP contribution in [0.3, 0.4) is 0 Å². The standard InChI is InChI=1S/C46H89NO5/c1-3-5-7-9-11-13-15-17-19-22-26-30-34-38-44(49)43(42-48)47-45(50)39-35-31-27-23-21-25-29-33-37-41-52-46(51)40-36-32-28-24-20-18-16-14-12-10-8-6-4-2/h14,16,43-44,48-49H,3-13,15,17-42H2,1-2H3,(H,47,50)/b16-14-. The molecule has 2 atom stereocenters. The van der Waals surface area contributed by atoms with Crippen LogP contribution in [-0.2, 0) is 14.3 Å². The highest BCUT2D eigenvalue weighted by Crippen LogP contribution is 2.15. The average Bonchev–Trinajstić information content (AvgIpc) is 3.14. The van der Waals surface area contributed by atoms with Gasteiger partial charge in [0.2, 0.25) is 5.91 Å². The second-order valence-corrected chi connectivity index (χ2v) is 15.7. The minimum absolute atomic E-state index is 0.0345. The van der Waals surface area contributed by atoms with Crippen molar-refractivity contribution in [3.63, 3.8) is 0 Å². The molecule has 0 aliphatic rings. The first-order valence-electron chi connectivity index (χ1n) is 22.9. The third-order valence-corrected chi connectivity index (χ3v) is 10.6. The molecule has 0 aromatic rings. The molecule has 6 nitrogen and oxygen atoms in total. The highest BCUT2D eigenvalue weighted by Gasteiger charge is 2.20. The van der Waals surface area contributed by atoms with E-state index in [9.17, 15) is 19.8 Å². The Hall–Kier alpha value is -1.40. The number of amides is 1. The van der Waals surface area contributed by atoms with Gasteiger partial charge in [0.15, 0.2) is 0 Å². The number of carbonyl (C=O) groups is 2. The lowest BCUT2D eigenvalue weighted by Gasteiger charge is -2.22. The van der Waals surface area contributed by atoms with Gasteiger partial charge in [-0.15, -0.1) is 0 Å². The fourth-order valence-corrected chi connectivity index (χ4v) is 6.98. The monoisotopic (exact) mass is 736 g/mol. The number of aliphatic hydroxyl groups is 2. The van der Waals surface area contributed by atoms with E-state index in [-0.39, 0.29) is 18.5 Å². The molecule has 52 heavy (non-hydrogen) atoms. The maximum atomic E-state index is 12.4. The number of rotatable bonds is 42. The van der Waals surface area contributed by atoms with Gasteiger partial charge >= 0.3 is 5.97 Å². The summed E-state index contributed by atoms with van der Waals surface area (Å²) in [6, 6.07) is -0.560. The van der Waals surface area contributed by atoms with Gasteiger partial charge in [0.25, 0.3) is 0 Å². The Morgan fingerprint density at radius 1 is 0.519 bits per heavy atom. The van der Waals surface area contributed by atoms with Crippen LogP contribution >= 0.6 is 0 Å². The number of nitrogens with one attached hydrogen (secondary N) is 1. The van der Waals surface area contributed by atoms with Crippen molar-refractivity contribution in [1.29, 1.82) is 0 Å². The molecule has 308 valence electrons. The van der Waals surface area contributed by atoms with E-state index in [2.05, 4.69) is 31.3 Å². The quantitative estimate of drug-likeness (QED) is 0.0329. The molecule has 2 unspecified atom stereocenters. The van der Waals surface area contributed by atoms with Crippen LogP contribution in [0.15, 0.2) is 12.2 Å². The maximum Gasteiger partial charge on any atom is 0.305 e. The Labute approximate surface area is 323 Å². The minimum atomic E-state index is -0.680. The molecule has 0 aliphatic heterocycles. The zero-order valence-electron chi connectivity index (χ0n) is 34.8. The van der Waals surface area contributed by atoms with Crippen LogP contribution in [0.1, 0.15) is 245 Å². The van der Waals surface area contributed by atoms with Crippen LogP contribution in [0.2, 0.25) is 0 Å². The third-order valence-electron chi connectivity index (χ3n) is 10.6. The highest BCUT2D eigenvalue weighted by molar-refractivity contribution is 5.76. The largest absolute Gasteiger partial charge is 0.466 e. The molecular formula is C46H89NO5. The van der Waals surface area contributed by atoms with Gasteiger partial charge in [0, 0.05) is 12.8 Å². The van der Waals surface area contributed by atoms with Gasteiger partial charge in [-0.2, -0.15) is 0 Å². The zero-order chi connectivity index (χ0) is 38.0. The van der Waals surface area contributed by atoms with Gasteiger partial charge in [0.1, 0.15) is 0 Å². The third kappa shape index (κ3) is 38.3. The Bertz CT molecular complexity index is 772. The summed E-state index contributed by atoms with van der Waals surface area (Å²) in [6.45, 7) is 4.86. The summed E-state index contributed by atoms with van der Waals surface area (Å²) in [6.07, 6.45) is 45.9. The molecule has 3 N–H and O–H groups in total. The first-order valence-corrected chi connectivity index (χ1v) is 22.9. The Morgan fingerprint density at radius 2 is 0.904 bits per heavy atom. The van der Waals surface area contributed by atoms with E-state index >= 15 is 0 Å². The van der Waals surface area contributed by atoms with Gasteiger partial charge in [-0.3, -0.25) is 9.59 Å². The number of carbonyl (C=O) groups excluding carboxylic acids is 2. The minimum Gasteiger partial charge on any atom is -0.466 e. The van der Waals surface area contributed by atoms with E-state index in [1.54, 1.807) is 0 Å². The number of allylic oxidation sites excluding steroid dienone is 2. The lowest BCUT2D eigenvalue weighted by atomic mass is 10.0. The van der Waals surface area contributed by atoms with Crippen molar-refractivity contribution < 1.29 is 24.5 Å². The lowest BCUT2D eigenvalue weighted by molar-refractivity contribution is -0.143. The topological polar surface area (TPSA) is 95.9 Å². The van der Waals surface area contributed by atoms with Gasteiger partial charge in [0.05, 0.1) is 25.4 Å². The van der Waals surface area contributed by atoms with Gasteiger partial charge in [-0.1, -0.05) is 193 Å². The molecule has 0 aromatic carbocycles. The summed E-state index contributed by atoms with van der Waals surface area (Å²) < 4.78 is 5.43.